The molecule has 0 bridgehead atoms. The van der Waals surface area contributed by atoms with E-state index in [-0.39, 0.29) is 5.82 Å². The van der Waals surface area contributed by atoms with E-state index in [1.807, 2.05) is 30.3 Å². The van der Waals surface area contributed by atoms with Crippen molar-refractivity contribution >= 4 is 23.1 Å². The van der Waals surface area contributed by atoms with E-state index < -0.39 is 0 Å². The summed E-state index contributed by atoms with van der Waals surface area (Å²) in [5.41, 5.74) is 8.81. The number of hydrogen-bond acceptors (Lipinski definition) is 5. The Hall–Kier alpha value is -2.22. The van der Waals surface area contributed by atoms with Crippen LogP contribution in [-0.2, 0) is 17.0 Å². The van der Waals surface area contributed by atoms with Gasteiger partial charge >= 0.3 is 0 Å². The summed E-state index contributed by atoms with van der Waals surface area (Å²) in [5.74, 6) is 0.488. The fourth-order valence-electron chi connectivity index (χ4n) is 2.75. The van der Waals surface area contributed by atoms with E-state index in [1.54, 1.807) is 18.3 Å². The Labute approximate surface area is 163 Å². The maximum atomic E-state index is 13.7. The summed E-state index contributed by atoms with van der Waals surface area (Å²) in [6, 6.07) is 14.7. The van der Waals surface area contributed by atoms with Gasteiger partial charge in [-0.3, -0.25) is 4.90 Å². The van der Waals surface area contributed by atoms with E-state index in [4.69, 9.17) is 10.5 Å². The molecule has 0 radical (unpaired) electrons. The second-order valence-corrected chi connectivity index (χ2v) is 7.18. The van der Waals surface area contributed by atoms with Gasteiger partial charge in [0, 0.05) is 25.4 Å². The van der Waals surface area contributed by atoms with Crippen molar-refractivity contribution in [1.82, 2.24) is 4.90 Å². The number of thioether (sulfide) groups is 1. The van der Waals surface area contributed by atoms with Crippen molar-refractivity contribution < 1.29 is 9.13 Å². The van der Waals surface area contributed by atoms with Gasteiger partial charge in [-0.2, -0.15) is 5.10 Å². The lowest BCUT2D eigenvalue weighted by Crippen LogP contribution is -2.35. The van der Waals surface area contributed by atoms with Crippen molar-refractivity contribution in [3.8, 4) is 0 Å². The molecule has 3 rings (SSSR count). The standard InChI is InChI=1S/C20H23FN4OS/c21-19-7-6-17(18(12-19)14-25-8-10-26-11-9-25)13-23-24-20(22)27-15-16-4-2-1-3-5-16/h1-7,12-13H,8-11,14-15H2,(H2,22,24). The Bertz CT molecular complexity index is 792. The summed E-state index contributed by atoms with van der Waals surface area (Å²) in [6.45, 7) is 3.75. The fraction of sp³-hybridized carbons (Fsp3) is 0.300. The zero-order valence-corrected chi connectivity index (χ0v) is 15.9. The van der Waals surface area contributed by atoms with Crippen molar-refractivity contribution in [1.29, 1.82) is 0 Å². The van der Waals surface area contributed by atoms with Gasteiger partial charge in [-0.15, -0.1) is 5.10 Å². The Balaban J connectivity index is 1.61. The lowest BCUT2D eigenvalue weighted by atomic mass is 10.1. The van der Waals surface area contributed by atoms with E-state index >= 15 is 0 Å². The minimum Gasteiger partial charge on any atom is -0.379 e. The van der Waals surface area contributed by atoms with E-state index in [9.17, 15) is 4.39 Å². The van der Waals surface area contributed by atoms with Gasteiger partial charge in [0.05, 0.1) is 19.4 Å². The van der Waals surface area contributed by atoms with E-state index in [0.717, 1.165) is 30.0 Å². The highest BCUT2D eigenvalue weighted by Crippen LogP contribution is 2.14. The molecule has 27 heavy (non-hydrogen) atoms. The third kappa shape index (κ3) is 6.46. The van der Waals surface area contributed by atoms with Gasteiger partial charge in [0.25, 0.3) is 0 Å². The zero-order valence-electron chi connectivity index (χ0n) is 15.1. The van der Waals surface area contributed by atoms with Crippen molar-refractivity contribution in [3.63, 3.8) is 0 Å². The van der Waals surface area contributed by atoms with Crippen LogP contribution in [0.15, 0.2) is 58.7 Å². The maximum absolute atomic E-state index is 13.7. The summed E-state index contributed by atoms with van der Waals surface area (Å²) >= 11 is 1.43. The highest BCUT2D eigenvalue weighted by atomic mass is 32.2. The summed E-state index contributed by atoms with van der Waals surface area (Å²) in [4.78, 5) is 2.24. The van der Waals surface area contributed by atoms with Crippen LogP contribution in [-0.4, -0.2) is 42.6 Å². The minimum absolute atomic E-state index is 0.253. The number of hydrogen-bond donors (Lipinski definition) is 1. The van der Waals surface area contributed by atoms with Crippen LogP contribution >= 0.6 is 11.8 Å². The molecule has 0 unspecified atom stereocenters. The molecule has 2 aromatic rings. The average Bonchev–Trinajstić information content (AvgIpc) is 2.70. The molecule has 0 atom stereocenters. The van der Waals surface area contributed by atoms with E-state index in [0.29, 0.717) is 24.9 Å². The first kappa shape index (κ1) is 19.5. The monoisotopic (exact) mass is 386 g/mol. The van der Waals surface area contributed by atoms with Crippen molar-refractivity contribution in [2.75, 3.05) is 26.3 Å². The number of nitrogens with zero attached hydrogens (tertiary/aromatic N) is 3. The number of nitrogens with two attached hydrogens (primary N) is 1. The SMILES string of the molecule is NC(=NN=Cc1ccc(F)cc1CN1CCOCC1)SCc1ccccc1. The molecular weight excluding hydrogens is 363 g/mol. The van der Waals surface area contributed by atoms with Gasteiger partial charge in [-0.1, -0.05) is 48.2 Å². The highest BCUT2D eigenvalue weighted by Gasteiger charge is 2.13. The van der Waals surface area contributed by atoms with Crippen LogP contribution in [0.3, 0.4) is 0 Å². The smallest absolute Gasteiger partial charge is 0.180 e. The average molecular weight is 386 g/mol. The first-order valence-electron chi connectivity index (χ1n) is 8.82. The predicted molar refractivity (Wildman–Crippen MR) is 109 cm³/mol. The maximum Gasteiger partial charge on any atom is 0.180 e. The van der Waals surface area contributed by atoms with Crippen molar-refractivity contribution in [2.24, 2.45) is 15.9 Å². The summed E-state index contributed by atoms with van der Waals surface area (Å²) in [7, 11) is 0. The zero-order chi connectivity index (χ0) is 18.9. The molecule has 1 fully saturated rings. The first-order valence-corrected chi connectivity index (χ1v) is 9.81. The lowest BCUT2D eigenvalue weighted by molar-refractivity contribution is 0.0341. The Kier molecular flexibility index (Phi) is 7.38. The largest absolute Gasteiger partial charge is 0.379 e. The molecule has 1 heterocycles. The van der Waals surface area contributed by atoms with Crippen LogP contribution in [0.25, 0.3) is 0 Å². The number of amidine groups is 1. The highest BCUT2D eigenvalue weighted by molar-refractivity contribution is 8.13. The molecule has 2 aromatic carbocycles. The second-order valence-electron chi connectivity index (χ2n) is 6.19. The normalized spacial score (nSPS) is 16.1. The number of morpholine rings is 1. The molecule has 1 aliphatic heterocycles. The number of rotatable bonds is 6. The van der Waals surface area contributed by atoms with Gasteiger partial charge in [0.1, 0.15) is 5.82 Å². The quantitative estimate of drug-likeness (QED) is 0.470. The number of benzene rings is 2. The van der Waals surface area contributed by atoms with Crippen LogP contribution in [0.4, 0.5) is 4.39 Å². The molecule has 0 spiro atoms. The van der Waals surface area contributed by atoms with Crippen molar-refractivity contribution in [2.45, 2.75) is 12.3 Å². The van der Waals surface area contributed by atoms with Crippen LogP contribution < -0.4 is 5.73 Å². The van der Waals surface area contributed by atoms with E-state index in [1.165, 1.54) is 23.4 Å². The number of ether oxygens (including phenoxy) is 1. The Morgan fingerprint density at radius 2 is 1.96 bits per heavy atom. The van der Waals surface area contributed by atoms with Gasteiger partial charge in [0.2, 0.25) is 0 Å². The molecule has 7 heteroatoms. The van der Waals surface area contributed by atoms with Gasteiger partial charge in [0.15, 0.2) is 5.17 Å². The summed E-state index contributed by atoms with van der Waals surface area (Å²) < 4.78 is 19.0. The summed E-state index contributed by atoms with van der Waals surface area (Å²) in [5, 5.41) is 8.53. The predicted octanol–water partition coefficient (Wildman–Crippen LogP) is 3.24. The van der Waals surface area contributed by atoms with Crippen LogP contribution in [0.1, 0.15) is 16.7 Å². The third-order valence-corrected chi connectivity index (χ3v) is 5.04. The molecule has 142 valence electrons. The molecule has 0 aliphatic carbocycles. The molecule has 5 nitrogen and oxygen atoms in total. The molecule has 0 aromatic heterocycles. The molecular formula is C20H23FN4OS. The Morgan fingerprint density at radius 3 is 2.74 bits per heavy atom. The third-order valence-electron chi connectivity index (χ3n) is 4.19. The van der Waals surface area contributed by atoms with Crippen LogP contribution in [0.5, 0.6) is 0 Å². The first-order chi connectivity index (χ1) is 13.2. The van der Waals surface area contributed by atoms with Crippen LogP contribution in [0.2, 0.25) is 0 Å². The number of halogens is 1. The Morgan fingerprint density at radius 1 is 1.19 bits per heavy atom. The van der Waals surface area contributed by atoms with Gasteiger partial charge < -0.3 is 10.5 Å². The molecule has 0 saturated carbocycles. The second kappa shape index (κ2) is 10.2. The lowest BCUT2D eigenvalue weighted by Gasteiger charge is -2.27. The summed E-state index contributed by atoms with van der Waals surface area (Å²) in [6.07, 6.45) is 1.63. The van der Waals surface area contributed by atoms with Gasteiger partial charge in [-0.25, -0.2) is 4.39 Å². The molecule has 0 amide bonds. The fourth-order valence-corrected chi connectivity index (χ4v) is 3.36. The van der Waals surface area contributed by atoms with E-state index in [2.05, 4.69) is 15.1 Å². The van der Waals surface area contributed by atoms with Gasteiger partial charge in [-0.05, 0) is 28.8 Å². The topological polar surface area (TPSA) is 63.2 Å². The van der Waals surface area contributed by atoms with Crippen LogP contribution in [0, 0.1) is 5.82 Å². The minimum atomic E-state index is -0.253. The molecule has 2 N–H and O–H groups in total. The molecule has 1 saturated heterocycles. The molecule has 1 aliphatic rings. The van der Waals surface area contributed by atoms with Crippen molar-refractivity contribution in [3.05, 3.63) is 71.0 Å².